The number of benzene rings is 7. The van der Waals surface area contributed by atoms with Crippen molar-refractivity contribution in [2.24, 2.45) is 5.92 Å². The molecule has 510 valence electrons. The van der Waals surface area contributed by atoms with Crippen LogP contribution in [0, 0.1) is 5.92 Å². The maximum atomic E-state index is 12.5. The van der Waals surface area contributed by atoms with Gasteiger partial charge in [-0.3, -0.25) is 29.2 Å². The lowest BCUT2D eigenvalue weighted by atomic mass is 9.81. The van der Waals surface area contributed by atoms with Crippen LogP contribution in [0.5, 0.6) is 0 Å². The van der Waals surface area contributed by atoms with Gasteiger partial charge in [-0.05, 0) is 62.8 Å². The second-order valence-corrected chi connectivity index (χ2v) is 24.5. The molecule has 4 aliphatic heterocycles. The highest BCUT2D eigenvalue weighted by atomic mass is 32.2. The Morgan fingerprint density at radius 2 is 0.814 bits per heavy atom. The molecule has 0 spiro atoms. The minimum atomic E-state index is -5.83. The third-order valence-corrected chi connectivity index (χ3v) is 17.2. The van der Waals surface area contributed by atoms with Gasteiger partial charge in [0.15, 0.2) is 0 Å². The molecule has 23 heteroatoms. The third kappa shape index (κ3) is 23.5. The number of halogens is 3. The largest absolute Gasteiger partial charge is 0.534 e. The van der Waals surface area contributed by atoms with Crippen LogP contribution >= 0.6 is 0 Å². The average molecular weight is 1350 g/mol. The van der Waals surface area contributed by atoms with E-state index in [-0.39, 0.29) is 36.8 Å². The fourth-order valence-corrected chi connectivity index (χ4v) is 11.8. The van der Waals surface area contributed by atoms with E-state index in [0.29, 0.717) is 50.2 Å². The zero-order valence-corrected chi connectivity index (χ0v) is 55.2. The summed E-state index contributed by atoms with van der Waals surface area (Å²) in [5.41, 5.74) is 4.86. The van der Waals surface area contributed by atoms with Crippen LogP contribution in [-0.4, -0.2) is 159 Å². The maximum absolute atomic E-state index is 12.5. The molecule has 0 aromatic heterocycles. The molecule has 7 aromatic rings. The van der Waals surface area contributed by atoms with Crippen molar-refractivity contribution in [2.45, 2.75) is 57.4 Å². The van der Waals surface area contributed by atoms with E-state index in [0.717, 1.165) is 86.1 Å². The Kier molecular flexibility index (Phi) is 29.3. The monoisotopic (exact) mass is 1350 g/mol. The number of carboxylic acids is 1. The van der Waals surface area contributed by atoms with Gasteiger partial charge in [0, 0.05) is 91.4 Å². The van der Waals surface area contributed by atoms with Gasteiger partial charge in [0.2, 0.25) is 0 Å². The highest BCUT2D eigenvalue weighted by Gasteiger charge is 2.49. The summed E-state index contributed by atoms with van der Waals surface area (Å²) in [6, 6.07) is 68.5. The fraction of sp³-hybridized carbons (Fsp3) is 0.284. The number of hydrogen-bond acceptors (Lipinski definition) is 17. The average Bonchev–Trinajstić information content (AvgIpc) is 0.864. The summed E-state index contributed by atoms with van der Waals surface area (Å²) >= 11 is 0. The number of piperidine rings is 1. The van der Waals surface area contributed by atoms with Gasteiger partial charge in [-0.1, -0.05) is 212 Å². The number of likely N-dealkylation sites (tertiary alicyclic amines) is 1. The topological polar surface area (TPSA) is 230 Å². The molecular weight excluding hydrogens is 1270 g/mol. The van der Waals surface area contributed by atoms with Crippen LogP contribution in [0.15, 0.2) is 235 Å². The highest BCUT2D eigenvalue weighted by Crippen LogP contribution is 2.33. The summed E-state index contributed by atoms with van der Waals surface area (Å²) < 4.78 is 78.3. The normalized spacial score (nSPS) is 16.2. The van der Waals surface area contributed by atoms with E-state index in [1.54, 1.807) is 29.2 Å². The van der Waals surface area contributed by atoms with Gasteiger partial charge in [0.05, 0.1) is 38.0 Å². The molecule has 18 nitrogen and oxygen atoms in total. The lowest BCUT2D eigenvalue weighted by molar-refractivity contribution is -0.152. The summed E-state index contributed by atoms with van der Waals surface area (Å²) in [6.07, 6.45) is 1.90. The summed E-state index contributed by atoms with van der Waals surface area (Å²) in [7, 11) is -3.34. The van der Waals surface area contributed by atoms with Crippen molar-refractivity contribution >= 4 is 63.5 Å². The van der Waals surface area contributed by atoms with Crippen molar-refractivity contribution < 1.29 is 79.1 Å². The molecule has 0 aliphatic carbocycles. The molecule has 11 rings (SSSR count). The molecule has 1 saturated heterocycles. The Morgan fingerprint density at radius 3 is 1.19 bits per heavy atom. The number of carboxylic acid groups (broad SMARTS) is 1. The van der Waals surface area contributed by atoms with Crippen LogP contribution in [0.4, 0.5) is 13.2 Å². The summed E-state index contributed by atoms with van der Waals surface area (Å²) in [5, 5.41) is 26.7. The lowest BCUT2D eigenvalue weighted by Gasteiger charge is -2.30. The predicted octanol–water partition coefficient (Wildman–Crippen LogP) is 9.75. The number of carbonyl (C=O) groups excluding carboxylic acids is 4. The second kappa shape index (κ2) is 37.8. The van der Waals surface area contributed by atoms with Crippen molar-refractivity contribution in [3.63, 3.8) is 0 Å². The van der Waals surface area contributed by atoms with Crippen LogP contribution in [0.3, 0.4) is 0 Å². The first-order valence-electron chi connectivity index (χ1n) is 31.4. The smallest absolute Gasteiger partial charge is 0.478 e. The number of aliphatic carboxylic acids is 1. The molecule has 0 bridgehead atoms. The van der Waals surface area contributed by atoms with Crippen LogP contribution in [0.2, 0.25) is 0 Å². The third-order valence-electron chi connectivity index (χ3n) is 16.2. The van der Waals surface area contributed by atoms with Crippen molar-refractivity contribution in [1.29, 1.82) is 0 Å². The second-order valence-electron chi connectivity index (χ2n) is 23.0. The van der Waals surface area contributed by atoms with E-state index in [2.05, 4.69) is 64.8 Å². The van der Waals surface area contributed by atoms with Crippen LogP contribution < -0.4 is 5.46 Å². The number of alkyl halides is 3. The van der Waals surface area contributed by atoms with Gasteiger partial charge in [-0.25, -0.2) is 14.4 Å². The Morgan fingerprint density at radius 1 is 0.474 bits per heavy atom. The number of Topliss-reactive ketones (excluding diaryl/α,β-unsaturated/α-hetero) is 1. The Labute approximate surface area is 564 Å². The van der Waals surface area contributed by atoms with E-state index in [9.17, 15) is 50.7 Å². The van der Waals surface area contributed by atoms with Crippen molar-refractivity contribution in [1.82, 2.24) is 19.6 Å². The number of esters is 3. The number of methoxy groups -OCH3 is 3. The lowest BCUT2D eigenvalue weighted by Crippen LogP contribution is -2.44. The molecule has 0 amide bonds. The van der Waals surface area contributed by atoms with E-state index < -0.39 is 52.3 Å². The van der Waals surface area contributed by atoms with E-state index in [1.165, 1.54) is 30.9 Å². The predicted molar refractivity (Wildman–Crippen MR) is 364 cm³/mol. The molecule has 0 radical (unpaired) electrons. The van der Waals surface area contributed by atoms with Gasteiger partial charge in [0.1, 0.15) is 17.5 Å². The zero-order valence-electron chi connectivity index (χ0n) is 54.3. The van der Waals surface area contributed by atoms with Gasteiger partial charge >= 0.3 is 46.6 Å². The molecule has 4 heterocycles. The first-order chi connectivity index (χ1) is 46.7. The van der Waals surface area contributed by atoms with Crippen molar-refractivity contribution in [2.75, 3.05) is 73.7 Å². The number of ketones is 1. The van der Waals surface area contributed by atoms with Gasteiger partial charge in [0.25, 0.3) is 0 Å². The molecule has 1 unspecified atom stereocenters. The minimum absolute atomic E-state index is 0.00818. The Hall–Kier alpha value is -9.33. The fourth-order valence-electron chi connectivity index (χ4n) is 11.2. The number of hydrogen-bond donors (Lipinski definition) is 3. The highest BCUT2D eigenvalue weighted by molar-refractivity contribution is 7.87. The Bertz CT molecular complexity index is 3870. The minimum Gasteiger partial charge on any atom is -0.478 e. The molecule has 97 heavy (non-hydrogen) atoms. The van der Waals surface area contributed by atoms with Crippen molar-refractivity contribution in [3.8, 4) is 0 Å². The van der Waals surface area contributed by atoms with Crippen LogP contribution in [-0.2, 0) is 78.7 Å². The van der Waals surface area contributed by atoms with E-state index in [4.69, 9.17) is 14.8 Å². The summed E-state index contributed by atoms with van der Waals surface area (Å²) in [5.74, 6) is -3.53. The standard InChI is InChI=1S/C20H21NO2.C19H19NO2.C15H16F3NO5S.C14H17NO3.C6H7BO2/c1-23-20(22)19-15-21(14-16-8-4-2-5-9-16)13-12-18(19)17-10-6-3-7-11-17;21-19(22)18-14-20(13-15-7-3-1-4-8-15)12-11-17(18)16-9-5-2-6-10-16;1-23-14(20)12-10-19(9-11-5-3-2-4-6-11)8-7-13(12)24-25(21,22)15(16,17)18;1-18-14(17)12-10-15(8-7-13(12)16)9-11-5-3-2-4-6-11;8-7(9)6-4-2-1-3-5-6/h2-11H,12-15H2,1H3;1-10H,11-14H2,(H,21,22);2-6H,7-10H2,1H3;2-6,12H,7-10H2,1H3;1-5,8-9H. The van der Waals surface area contributed by atoms with E-state index in [1.807, 2.05) is 152 Å². The molecule has 0 saturated carbocycles. The maximum Gasteiger partial charge on any atom is 0.534 e. The van der Waals surface area contributed by atoms with Crippen LogP contribution in [0.1, 0.15) is 59.1 Å². The van der Waals surface area contributed by atoms with E-state index >= 15 is 0 Å². The number of carbonyl (C=O) groups is 5. The summed E-state index contributed by atoms with van der Waals surface area (Å²) in [4.78, 5) is 67.3. The molecule has 4 aliphatic rings. The molecule has 1 atom stereocenters. The molecule has 7 aromatic carbocycles. The number of rotatable bonds is 17. The Balaban J connectivity index is 0.000000175. The quantitative estimate of drug-likeness (QED) is 0.0192. The SMILES string of the molecule is COC(=O)C1=C(OS(=O)(=O)C(F)(F)F)CCN(Cc2ccccc2)C1.COC(=O)C1=C(c2ccccc2)CCN(Cc2ccccc2)C1.COC(=O)C1CN(Cc2ccccc2)CCC1=O.O=C(O)C1=C(c2ccccc2)CCN(Cc2ccccc2)C1.OB(O)c1ccccc1. The van der Waals surface area contributed by atoms with Gasteiger partial charge in [-0.2, -0.15) is 21.6 Å². The van der Waals surface area contributed by atoms with Gasteiger partial charge < -0.3 is 33.5 Å². The molecular formula is C74H80BF3N4O14S. The van der Waals surface area contributed by atoms with Crippen LogP contribution in [0.25, 0.3) is 11.1 Å². The summed E-state index contributed by atoms with van der Waals surface area (Å²) in [6.45, 7) is 7.13. The number of nitrogens with zero attached hydrogens (tertiary/aromatic N) is 4. The first-order valence-corrected chi connectivity index (χ1v) is 32.8. The molecule has 1 fully saturated rings. The zero-order chi connectivity index (χ0) is 69.7. The molecule has 3 N–H and O–H groups in total. The first kappa shape index (κ1) is 75.1. The number of ether oxygens (including phenoxy) is 3. The van der Waals surface area contributed by atoms with Gasteiger partial charge in [-0.15, -0.1) is 0 Å². The van der Waals surface area contributed by atoms with Crippen molar-refractivity contribution in [3.05, 3.63) is 268 Å².